The lowest BCUT2D eigenvalue weighted by molar-refractivity contribution is -0.0878. The molecule has 0 saturated carbocycles. The smallest absolute Gasteiger partial charge is 0.414 e. The van der Waals surface area contributed by atoms with Gasteiger partial charge in [-0.3, -0.25) is 4.90 Å². The molecule has 5 rings (SSSR count). The standard InChI is InChI=1S/C23H22FN5O5/c24-20-9-17(29-12-18(33-22(29)32)11-28-8-7-25-27-28)5-6-19(20)15-1-3-16(4-2-15)21-10-23(13-30,14-31)34-26-21/h1-9,18,30-31H,10-14H2/t18-/m0/s1. The number of ether oxygens (including phenoxy) is 1. The Morgan fingerprint density at radius 3 is 2.53 bits per heavy atom. The maximum atomic E-state index is 15.0. The molecule has 34 heavy (non-hydrogen) atoms. The van der Waals surface area contributed by atoms with Crippen molar-refractivity contribution in [3.05, 3.63) is 66.2 Å². The van der Waals surface area contributed by atoms with Crippen molar-refractivity contribution in [3.8, 4) is 11.1 Å². The van der Waals surface area contributed by atoms with Crippen LogP contribution in [-0.2, 0) is 16.1 Å². The lowest BCUT2D eigenvalue weighted by Gasteiger charge is -2.20. The van der Waals surface area contributed by atoms with Gasteiger partial charge in [0.2, 0.25) is 0 Å². The molecule has 0 radical (unpaired) electrons. The van der Waals surface area contributed by atoms with Crippen LogP contribution in [0.5, 0.6) is 0 Å². The first-order valence-electron chi connectivity index (χ1n) is 10.7. The van der Waals surface area contributed by atoms with Crippen molar-refractivity contribution < 1.29 is 29.0 Å². The normalized spacial score (nSPS) is 19.1. The quantitative estimate of drug-likeness (QED) is 0.545. The number of carbonyl (C=O) groups is 1. The van der Waals surface area contributed by atoms with Crippen LogP contribution in [0.3, 0.4) is 0 Å². The Bertz CT molecular complexity index is 1210. The second kappa shape index (κ2) is 8.84. The van der Waals surface area contributed by atoms with Gasteiger partial charge in [0.25, 0.3) is 0 Å². The van der Waals surface area contributed by atoms with Gasteiger partial charge in [0.05, 0.1) is 43.9 Å². The van der Waals surface area contributed by atoms with E-state index in [1.54, 1.807) is 53.5 Å². The molecule has 2 N–H and O–H groups in total. The van der Waals surface area contributed by atoms with E-state index in [9.17, 15) is 15.0 Å². The third-order valence-corrected chi connectivity index (χ3v) is 5.95. The summed E-state index contributed by atoms with van der Waals surface area (Å²) in [4.78, 5) is 18.9. The minimum atomic E-state index is -1.11. The van der Waals surface area contributed by atoms with E-state index in [0.29, 0.717) is 29.1 Å². The number of aliphatic hydroxyl groups excluding tert-OH is 2. The molecule has 176 valence electrons. The van der Waals surface area contributed by atoms with Gasteiger partial charge in [-0.25, -0.2) is 13.9 Å². The fourth-order valence-corrected chi connectivity index (χ4v) is 4.01. The lowest BCUT2D eigenvalue weighted by atomic mass is 9.94. The number of aromatic nitrogens is 3. The van der Waals surface area contributed by atoms with E-state index in [0.717, 1.165) is 5.56 Å². The minimum absolute atomic E-state index is 0.270. The molecule has 2 aromatic carbocycles. The summed E-state index contributed by atoms with van der Waals surface area (Å²) in [5, 5.41) is 30.5. The average molecular weight is 467 g/mol. The highest BCUT2D eigenvalue weighted by atomic mass is 19.1. The van der Waals surface area contributed by atoms with E-state index in [4.69, 9.17) is 9.57 Å². The Hall–Kier alpha value is -3.83. The van der Waals surface area contributed by atoms with E-state index in [1.165, 1.54) is 11.0 Å². The summed E-state index contributed by atoms with van der Waals surface area (Å²) < 4.78 is 22.0. The van der Waals surface area contributed by atoms with Crippen molar-refractivity contribution in [3.63, 3.8) is 0 Å². The van der Waals surface area contributed by atoms with Crippen molar-refractivity contribution in [1.82, 2.24) is 15.0 Å². The monoisotopic (exact) mass is 467 g/mol. The van der Waals surface area contributed by atoms with Crippen LogP contribution in [-0.4, -0.2) is 68.5 Å². The van der Waals surface area contributed by atoms with Gasteiger partial charge in [-0.05, 0) is 29.3 Å². The summed E-state index contributed by atoms with van der Waals surface area (Å²) in [6.07, 6.45) is 2.54. The van der Waals surface area contributed by atoms with E-state index >= 15 is 4.39 Å². The molecule has 1 fully saturated rings. The predicted molar refractivity (Wildman–Crippen MR) is 119 cm³/mol. The molecular formula is C23H22FN5O5. The maximum absolute atomic E-state index is 15.0. The zero-order valence-corrected chi connectivity index (χ0v) is 18.0. The summed E-state index contributed by atoms with van der Waals surface area (Å²) in [6.45, 7) is -0.0570. The zero-order chi connectivity index (χ0) is 23.7. The number of aliphatic hydroxyl groups is 2. The highest BCUT2D eigenvalue weighted by Gasteiger charge is 2.38. The van der Waals surface area contributed by atoms with Crippen LogP contribution in [0.1, 0.15) is 12.0 Å². The van der Waals surface area contributed by atoms with Gasteiger partial charge in [0.15, 0.2) is 5.60 Å². The Labute approximate surface area is 193 Å². The van der Waals surface area contributed by atoms with Crippen molar-refractivity contribution >= 4 is 17.5 Å². The van der Waals surface area contributed by atoms with Gasteiger partial charge in [-0.15, -0.1) is 5.10 Å². The summed E-state index contributed by atoms with van der Waals surface area (Å²) in [7, 11) is 0. The molecule has 0 bridgehead atoms. The van der Waals surface area contributed by atoms with Crippen LogP contribution >= 0.6 is 0 Å². The average Bonchev–Trinajstić information content (AvgIpc) is 3.60. The number of anilines is 1. The third kappa shape index (κ3) is 4.11. The Balaban J connectivity index is 1.29. The molecule has 2 aliphatic heterocycles. The second-order valence-electron chi connectivity index (χ2n) is 8.29. The first-order chi connectivity index (χ1) is 16.5. The van der Waals surface area contributed by atoms with Crippen molar-refractivity contribution in [2.45, 2.75) is 24.7 Å². The summed E-state index contributed by atoms with van der Waals surface area (Å²) in [5.74, 6) is -0.473. The number of halogens is 1. The number of amides is 1. The largest absolute Gasteiger partial charge is 0.442 e. The van der Waals surface area contributed by atoms with E-state index in [-0.39, 0.29) is 26.2 Å². The number of rotatable bonds is 7. The second-order valence-corrected chi connectivity index (χ2v) is 8.29. The number of oxime groups is 1. The van der Waals surface area contributed by atoms with Gasteiger partial charge < -0.3 is 19.8 Å². The molecule has 3 heterocycles. The van der Waals surface area contributed by atoms with Gasteiger partial charge >= 0.3 is 6.09 Å². The van der Waals surface area contributed by atoms with E-state index < -0.39 is 23.6 Å². The Morgan fingerprint density at radius 2 is 1.88 bits per heavy atom. The molecule has 0 aliphatic carbocycles. The highest BCUT2D eigenvalue weighted by molar-refractivity contribution is 6.02. The minimum Gasteiger partial charge on any atom is -0.442 e. The van der Waals surface area contributed by atoms with Gasteiger partial charge in [-0.1, -0.05) is 34.6 Å². The Morgan fingerprint density at radius 1 is 1.12 bits per heavy atom. The van der Waals surface area contributed by atoms with Crippen LogP contribution in [0.2, 0.25) is 0 Å². The molecule has 2 aliphatic rings. The van der Waals surface area contributed by atoms with Gasteiger partial charge in [-0.2, -0.15) is 0 Å². The van der Waals surface area contributed by atoms with Crippen LogP contribution in [0.15, 0.2) is 60.0 Å². The number of benzene rings is 2. The van der Waals surface area contributed by atoms with Crippen LogP contribution in [0, 0.1) is 5.82 Å². The lowest BCUT2D eigenvalue weighted by Crippen LogP contribution is -2.37. The number of nitrogens with zero attached hydrogens (tertiary/aromatic N) is 5. The molecule has 0 unspecified atom stereocenters. The molecule has 1 saturated heterocycles. The fourth-order valence-electron chi connectivity index (χ4n) is 4.01. The van der Waals surface area contributed by atoms with E-state index in [2.05, 4.69) is 15.5 Å². The Kier molecular flexibility index (Phi) is 5.72. The number of hydrogen-bond donors (Lipinski definition) is 2. The molecule has 0 spiro atoms. The van der Waals surface area contributed by atoms with Crippen molar-refractivity contribution in [1.29, 1.82) is 0 Å². The van der Waals surface area contributed by atoms with Crippen LogP contribution < -0.4 is 4.90 Å². The summed E-state index contributed by atoms with van der Waals surface area (Å²) in [6, 6.07) is 11.7. The molecule has 3 aromatic rings. The highest BCUT2D eigenvalue weighted by Crippen LogP contribution is 2.31. The van der Waals surface area contributed by atoms with Gasteiger partial charge in [0, 0.05) is 18.2 Å². The SMILES string of the molecule is O=C1O[C@@H](Cn2ccnn2)CN1c1ccc(-c2ccc(C3=NOC(CO)(CO)C3)cc2)c(F)c1. The van der Waals surface area contributed by atoms with Crippen LogP contribution in [0.25, 0.3) is 11.1 Å². The molecule has 1 atom stereocenters. The third-order valence-electron chi connectivity index (χ3n) is 5.95. The predicted octanol–water partition coefficient (Wildman–Crippen LogP) is 1.96. The van der Waals surface area contributed by atoms with Crippen molar-refractivity contribution in [2.75, 3.05) is 24.7 Å². The zero-order valence-electron chi connectivity index (χ0n) is 18.0. The van der Waals surface area contributed by atoms with E-state index in [1.807, 2.05) is 0 Å². The number of cyclic esters (lactones) is 1. The molecule has 1 amide bonds. The van der Waals surface area contributed by atoms with Crippen LogP contribution in [0.4, 0.5) is 14.9 Å². The molecule has 10 nitrogen and oxygen atoms in total. The van der Waals surface area contributed by atoms with Crippen molar-refractivity contribution in [2.24, 2.45) is 5.16 Å². The summed E-state index contributed by atoms with van der Waals surface area (Å²) in [5.41, 5.74) is 1.68. The molecule has 11 heteroatoms. The van der Waals surface area contributed by atoms with Gasteiger partial charge in [0.1, 0.15) is 11.9 Å². The maximum Gasteiger partial charge on any atom is 0.414 e. The fraction of sp³-hybridized carbons (Fsp3) is 0.304. The topological polar surface area (TPSA) is 122 Å². The first kappa shape index (κ1) is 22.0. The number of carbonyl (C=O) groups excluding carboxylic acids is 1. The number of hydrogen-bond acceptors (Lipinski definition) is 8. The first-order valence-corrected chi connectivity index (χ1v) is 10.7. The summed E-state index contributed by atoms with van der Waals surface area (Å²) >= 11 is 0. The molecular weight excluding hydrogens is 445 g/mol. The molecule has 1 aromatic heterocycles.